The summed E-state index contributed by atoms with van der Waals surface area (Å²) in [7, 11) is 0. The molecule has 2 aromatic heterocycles. The van der Waals surface area contributed by atoms with Crippen molar-refractivity contribution in [3.63, 3.8) is 0 Å². The highest BCUT2D eigenvalue weighted by atomic mass is 32.1. The molecule has 28 heavy (non-hydrogen) atoms. The minimum absolute atomic E-state index is 0.0720. The molecule has 3 rings (SSSR count). The number of hydrogen-bond donors (Lipinski definition) is 2. The monoisotopic (exact) mass is 399 g/mol. The Balaban J connectivity index is 1.51. The summed E-state index contributed by atoms with van der Waals surface area (Å²) in [5.41, 5.74) is 0.903. The lowest BCUT2D eigenvalue weighted by Crippen LogP contribution is -2.32. The quantitative estimate of drug-likeness (QED) is 0.595. The van der Waals surface area contributed by atoms with Gasteiger partial charge < -0.3 is 19.9 Å². The van der Waals surface area contributed by atoms with Crippen LogP contribution in [0.1, 0.15) is 46.2 Å². The number of amides is 2. The van der Waals surface area contributed by atoms with Crippen LogP contribution in [0.4, 0.5) is 5.69 Å². The van der Waals surface area contributed by atoms with Crippen LogP contribution in [0.15, 0.2) is 52.4 Å². The molecule has 8 heteroatoms. The first-order valence-corrected chi connectivity index (χ1v) is 9.77. The fourth-order valence-electron chi connectivity index (χ4n) is 2.28. The van der Waals surface area contributed by atoms with Gasteiger partial charge in [-0.2, -0.15) is 0 Å². The standard InChI is InChI=1S/C20H21N3O4S/c1-3-13(2)21-19(24)17-11-16(27-23-17)12-26-15-8-6-14(7-9-15)22-20(25)18-5-4-10-28-18/h4-11,13H,3,12H2,1-2H3,(H,21,24)(H,22,25)/t13-/m1/s1. The molecule has 0 bridgehead atoms. The van der Waals surface area contributed by atoms with Crippen LogP contribution < -0.4 is 15.4 Å². The summed E-state index contributed by atoms with van der Waals surface area (Å²) in [6, 6.07) is 12.2. The number of aromatic nitrogens is 1. The first-order chi connectivity index (χ1) is 13.5. The van der Waals surface area contributed by atoms with Gasteiger partial charge in [-0.25, -0.2) is 0 Å². The summed E-state index contributed by atoms with van der Waals surface area (Å²) in [5, 5.41) is 11.3. The first-order valence-electron chi connectivity index (χ1n) is 8.89. The maximum Gasteiger partial charge on any atom is 0.273 e. The Kier molecular flexibility index (Phi) is 6.44. The van der Waals surface area contributed by atoms with E-state index >= 15 is 0 Å². The lowest BCUT2D eigenvalue weighted by atomic mass is 10.2. The molecule has 0 unspecified atom stereocenters. The lowest BCUT2D eigenvalue weighted by Gasteiger charge is -2.08. The van der Waals surface area contributed by atoms with Crippen molar-refractivity contribution in [2.45, 2.75) is 32.9 Å². The molecule has 146 valence electrons. The van der Waals surface area contributed by atoms with Gasteiger partial charge in [0.15, 0.2) is 11.5 Å². The van der Waals surface area contributed by atoms with Gasteiger partial charge in [0.1, 0.15) is 12.4 Å². The van der Waals surface area contributed by atoms with Crippen LogP contribution >= 0.6 is 11.3 Å². The van der Waals surface area contributed by atoms with Crippen LogP contribution in [0.2, 0.25) is 0 Å². The summed E-state index contributed by atoms with van der Waals surface area (Å²) in [6.45, 7) is 4.06. The number of thiophene rings is 1. The second-order valence-electron chi connectivity index (χ2n) is 6.21. The van der Waals surface area contributed by atoms with E-state index in [-0.39, 0.29) is 30.2 Å². The predicted molar refractivity (Wildman–Crippen MR) is 107 cm³/mol. The molecule has 0 aliphatic rings. The van der Waals surface area contributed by atoms with Crippen LogP contribution in [0, 0.1) is 0 Å². The normalized spacial score (nSPS) is 11.6. The Bertz CT molecular complexity index is 919. The molecule has 2 N–H and O–H groups in total. The number of hydrogen-bond acceptors (Lipinski definition) is 6. The van der Waals surface area contributed by atoms with Gasteiger partial charge in [0.25, 0.3) is 11.8 Å². The molecule has 0 aliphatic heterocycles. The van der Waals surface area contributed by atoms with Gasteiger partial charge in [-0.1, -0.05) is 18.1 Å². The molecule has 1 atom stereocenters. The van der Waals surface area contributed by atoms with Gasteiger partial charge in [0.2, 0.25) is 0 Å². The van der Waals surface area contributed by atoms with E-state index in [2.05, 4.69) is 15.8 Å². The van der Waals surface area contributed by atoms with E-state index in [0.717, 1.165) is 6.42 Å². The zero-order chi connectivity index (χ0) is 19.9. The van der Waals surface area contributed by atoms with E-state index in [1.165, 1.54) is 11.3 Å². The van der Waals surface area contributed by atoms with Crippen molar-refractivity contribution in [1.82, 2.24) is 10.5 Å². The molecule has 0 saturated heterocycles. The molecule has 7 nitrogen and oxygen atoms in total. The zero-order valence-electron chi connectivity index (χ0n) is 15.6. The number of rotatable bonds is 8. The van der Waals surface area contributed by atoms with Crippen LogP contribution in [-0.2, 0) is 6.61 Å². The second-order valence-corrected chi connectivity index (χ2v) is 7.15. The molecule has 0 radical (unpaired) electrons. The van der Waals surface area contributed by atoms with Gasteiger partial charge in [0.05, 0.1) is 4.88 Å². The molecule has 1 aromatic carbocycles. The van der Waals surface area contributed by atoms with Crippen LogP contribution in [-0.4, -0.2) is 23.0 Å². The summed E-state index contributed by atoms with van der Waals surface area (Å²) < 4.78 is 10.8. The third kappa shape index (κ3) is 5.20. The molecule has 2 amide bonds. The predicted octanol–water partition coefficient (Wildman–Crippen LogP) is 4.10. The largest absolute Gasteiger partial charge is 0.486 e. The number of nitrogens with one attached hydrogen (secondary N) is 2. The van der Waals surface area contributed by atoms with Gasteiger partial charge in [-0.15, -0.1) is 11.3 Å². The fraction of sp³-hybridized carbons (Fsp3) is 0.250. The minimum atomic E-state index is -0.268. The van der Waals surface area contributed by atoms with Crippen molar-refractivity contribution in [2.75, 3.05) is 5.32 Å². The van der Waals surface area contributed by atoms with Gasteiger partial charge in [-0.05, 0) is 49.1 Å². The van der Waals surface area contributed by atoms with Crippen LogP contribution in [0.25, 0.3) is 0 Å². The Morgan fingerprint density at radius 2 is 2.00 bits per heavy atom. The third-order valence-electron chi connectivity index (χ3n) is 4.02. The van der Waals surface area contributed by atoms with Gasteiger partial charge >= 0.3 is 0 Å². The van der Waals surface area contributed by atoms with E-state index < -0.39 is 0 Å². The smallest absolute Gasteiger partial charge is 0.273 e. The van der Waals surface area contributed by atoms with E-state index in [0.29, 0.717) is 22.1 Å². The SMILES string of the molecule is CC[C@@H](C)NC(=O)c1cc(COc2ccc(NC(=O)c3cccs3)cc2)on1. The molecule has 0 saturated carbocycles. The Morgan fingerprint density at radius 1 is 1.21 bits per heavy atom. The topological polar surface area (TPSA) is 93.5 Å². The Labute approximate surface area is 166 Å². The van der Waals surface area contributed by atoms with Crippen molar-refractivity contribution in [2.24, 2.45) is 0 Å². The summed E-state index contributed by atoms with van der Waals surface area (Å²) in [6.07, 6.45) is 0.837. The average molecular weight is 399 g/mol. The fourth-order valence-corrected chi connectivity index (χ4v) is 2.90. The number of benzene rings is 1. The first kappa shape index (κ1) is 19.6. The van der Waals surface area contributed by atoms with E-state index in [1.807, 2.05) is 25.3 Å². The summed E-state index contributed by atoms with van der Waals surface area (Å²) >= 11 is 1.39. The third-order valence-corrected chi connectivity index (χ3v) is 4.89. The Hall–Kier alpha value is -3.13. The molecular formula is C20H21N3O4S. The minimum Gasteiger partial charge on any atom is -0.486 e. The number of nitrogens with zero attached hydrogens (tertiary/aromatic N) is 1. The van der Waals surface area contributed by atoms with Gasteiger partial charge in [0, 0.05) is 17.8 Å². The Morgan fingerprint density at radius 3 is 2.68 bits per heavy atom. The van der Waals surface area contributed by atoms with Crippen molar-refractivity contribution in [1.29, 1.82) is 0 Å². The van der Waals surface area contributed by atoms with Crippen molar-refractivity contribution in [3.05, 3.63) is 64.2 Å². The highest BCUT2D eigenvalue weighted by Gasteiger charge is 2.14. The highest BCUT2D eigenvalue weighted by Crippen LogP contribution is 2.19. The van der Waals surface area contributed by atoms with Crippen LogP contribution in [0.5, 0.6) is 5.75 Å². The molecule has 3 aromatic rings. The molecule has 0 spiro atoms. The summed E-state index contributed by atoms with van der Waals surface area (Å²) in [5.74, 6) is 0.643. The number of anilines is 1. The maximum atomic E-state index is 12.0. The van der Waals surface area contributed by atoms with E-state index in [1.54, 1.807) is 36.4 Å². The second kappa shape index (κ2) is 9.18. The van der Waals surface area contributed by atoms with Crippen molar-refractivity contribution in [3.8, 4) is 5.75 Å². The maximum absolute atomic E-state index is 12.0. The van der Waals surface area contributed by atoms with Crippen molar-refractivity contribution < 1.29 is 18.8 Å². The average Bonchev–Trinajstić information content (AvgIpc) is 3.39. The molecular weight excluding hydrogens is 378 g/mol. The number of carbonyl (C=O) groups is 2. The molecule has 0 aliphatic carbocycles. The molecule has 0 fully saturated rings. The zero-order valence-corrected chi connectivity index (χ0v) is 16.4. The lowest BCUT2D eigenvalue weighted by molar-refractivity contribution is 0.0929. The van der Waals surface area contributed by atoms with Gasteiger partial charge in [-0.3, -0.25) is 9.59 Å². The van der Waals surface area contributed by atoms with Crippen LogP contribution in [0.3, 0.4) is 0 Å². The van der Waals surface area contributed by atoms with Crippen molar-refractivity contribution >= 4 is 28.8 Å². The highest BCUT2D eigenvalue weighted by molar-refractivity contribution is 7.12. The van der Waals surface area contributed by atoms with E-state index in [9.17, 15) is 9.59 Å². The van der Waals surface area contributed by atoms with E-state index in [4.69, 9.17) is 9.26 Å². The summed E-state index contributed by atoms with van der Waals surface area (Å²) in [4.78, 5) is 24.7. The number of carbonyl (C=O) groups excluding carboxylic acids is 2. The molecule has 2 heterocycles. The number of ether oxygens (including phenoxy) is 1.